The molecule has 0 unspecified atom stereocenters. The van der Waals surface area contributed by atoms with Gasteiger partial charge >= 0.3 is 0 Å². The van der Waals surface area contributed by atoms with E-state index in [-0.39, 0.29) is 5.69 Å². The van der Waals surface area contributed by atoms with Crippen molar-refractivity contribution >= 4 is 11.5 Å². The quantitative estimate of drug-likeness (QED) is 0.645. The predicted octanol–water partition coefficient (Wildman–Crippen LogP) is 2.91. The Morgan fingerprint density at radius 2 is 2.10 bits per heavy atom. The highest BCUT2D eigenvalue weighted by Crippen LogP contribution is 2.28. The first-order chi connectivity index (χ1) is 10.1. The molecule has 116 valence electrons. The van der Waals surface area contributed by atoms with Crippen molar-refractivity contribution in [2.75, 3.05) is 26.0 Å². The summed E-state index contributed by atoms with van der Waals surface area (Å²) in [6.45, 7) is 0.822. The summed E-state index contributed by atoms with van der Waals surface area (Å²) in [6.07, 6.45) is 7.88. The summed E-state index contributed by atoms with van der Waals surface area (Å²) in [7, 11) is 4.23. The van der Waals surface area contributed by atoms with Crippen molar-refractivity contribution in [2.45, 2.75) is 38.1 Å². The van der Waals surface area contributed by atoms with Crippen LogP contribution in [0.2, 0.25) is 0 Å². The Hall–Kier alpha value is -1.69. The van der Waals surface area contributed by atoms with Crippen molar-refractivity contribution in [1.29, 1.82) is 0 Å². The number of rotatable bonds is 6. The fourth-order valence-electron chi connectivity index (χ4n) is 3.10. The maximum absolute atomic E-state index is 10.6. The molecule has 2 rings (SSSR count). The van der Waals surface area contributed by atoms with Crippen LogP contribution < -0.4 is 5.32 Å². The summed E-state index contributed by atoms with van der Waals surface area (Å²) in [5.41, 5.74) is 0.0250. The Bertz CT molecular complexity index is 455. The molecule has 0 amide bonds. The van der Waals surface area contributed by atoms with Crippen LogP contribution in [0.15, 0.2) is 18.3 Å². The first kappa shape index (κ1) is 15.7. The van der Waals surface area contributed by atoms with Crippen molar-refractivity contribution in [1.82, 2.24) is 9.88 Å². The van der Waals surface area contributed by atoms with Crippen LogP contribution in [0.4, 0.5) is 11.5 Å². The van der Waals surface area contributed by atoms with Crippen LogP contribution >= 0.6 is 0 Å². The van der Waals surface area contributed by atoms with Gasteiger partial charge in [0.2, 0.25) is 0 Å². The Kier molecular flexibility index (Phi) is 5.50. The Balaban J connectivity index is 1.93. The van der Waals surface area contributed by atoms with Crippen LogP contribution in [-0.4, -0.2) is 41.5 Å². The molecule has 1 N–H and O–H groups in total. The van der Waals surface area contributed by atoms with Gasteiger partial charge in [0.1, 0.15) is 12.0 Å². The topological polar surface area (TPSA) is 71.3 Å². The second kappa shape index (κ2) is 7.36. The molecule has 1 aliphatic rings. The molecule has 0 spiro atoms. The van der Waals surface area contributed by atoms with Crippen LogP contribution in [0.3, 0.4) is 0 Å². The first-order valence-electron chi connectivity index (χ1n) is 7.58. The standard InChI is InChI=1S/C15H24N4O2/c1-18(2)14(12-6-4-3-5-7-12)11-17-15-9-8-13(10-16-15)19(20)21/h8-10,12,14H,3-7,11H2,1-2H3,(H,16,17)/t14-/m0/s1. The number of nitrogens with zero attached hydrogens (tertiary/aromatic N) is 3. The summed E-state index contributed by atoms with van der Waals surface area (Å²) in [5.74, 6) is 1.42. The van der Waals surface area contributed by atoms with Gasteiger partial charge in [-0.05, 0) is 38.9 Å². The molecule has 1 aliphatic carbocycles. The molecule has 1 atom stereocenters. The summed E-state index contributed by atoms with van der Waals surface area (Å²) in [6, 6.07) is 3.63. The lowest BCUT2D eigenvalue weighted by Gasteiger charge is -2.35. The molecule has 6 nitrogen and oxygen atoms in total. The summed E-state index contributed by atoms with van der Waals surface area (Å²) < 4.78 is 0. The van der Waals surface area contributed by atoms with E-state index < -0.39 is 4.92 Å². The molecule has 0 bridgehead atoms. The van der Waals surface area contributed by atoms with Crippen molar-refractivity contribution in [2.24, 2.45) is 5.92 Å². The highest BCUT2D eigenvalue weighted by molar-refractivity contribution is 5.40. The zero-order valence-corrected chi connectivity index (χ0v) is 12.8. The number of aromatic nitrogens is 1. The lowest BCUT2D eigenvalue weighted by molar-refractivity contribution is -0.385. The molecule has 0 aromatic carbocycles. The lowest BCUT2D eigenvalue weighted by atomic mass is 9.83. The number of nitro groups is 1. The van der Waals surface area contributed by atoms with Crippen LogP contribution in [0.25, 0.3) is 0 Å². The van der Waals surface area contributed by atoms with Crippen molar-refractivity contribution in [3.8, 4) is 0 Å². The molecular formula is C15H24N4O2. The number of hydrogen-bond donors (Lipinski definition) is 1. The molecule has 6 heteroatoms. The van der Waals surface area contributed by atoms with E-state index in [1.54, 1.807) is 6.07 Å². The molecule has 1 heterocycles. The number of likely N-dealkylation sites (N-methyl/N-ethyl adjacent to an activating group) is 1. The van der Waals surface area contributed by atoms with Crippen LogP contribution in [0, 0.1) is 16.0 Å². The molecule has 1 aromatic heterocycles. The number of hydrogen-bond acceptors (Lipinski definition) is 5. The van der Waals surface area contributed by atoms with E-state index in [9.17, 15) is 10.1 Å². The van der Waals surface area contributed by atoms with Crippen LogP contribution in [0.5, 0.6) is 0 Å². The van der Waals surface area contributed by atoms with E-state index >= 15 is 0 Å². The fraction of sp³-hybridized carbons (Fsp3) is 0.667. The highest BCUT2D eigenvalue weighted by atomic mass is 16.6. The van der Waals surface area contributed by atoms with E-state index in [0.29, 0.717) is 11.9 Å². The molecular weight excluding hydrogens is 268 g/mol. The number of anilines is 1. The highest BCUT2D eigenvalue weighted by Gasteiger charge is 2.25. The average Bonchev–Trinajstić information content (AvgIpc) is 2.48. The van der Waals surface area contributed by atoms with Gasteiger partial charge in [-0.15, -0.1) is 0 Å². The van der Waals surface area contributed by atoms with Gasteiger partial charge < -0.3 is 10.2 Å². The van der Waals surface area contributed by atoms with Crippen molar-refractivity contribution in [3.05, 3.63) is 28.4 Å². The van der Waals surface area contributed by atoms with Gasteiger partial charge in [-0.3, -0.25) is 10.1 Å². The van der Waals surface area contributed by atoms with E-state index in [4.69, 9.17) is 0 Å². The van der Waals surface area contributed by atoms with Gasteiger partial charge in [-0.1, -0.05) is 19.3 Å². The second-order valence-corrected chi connectivity index (χ2v) is 5.97. The van der Waals surface area contributed by atoms with Gasteiger partial charge in [-0.2, -0.15) is 0 Å². The average molecular weight is 292 g/mol. The first-order valence-corrected chi connectivity index (χ1v) is 7.58. The second-order valence-electron chi connectivity index (χ2n) is 5.97. The molecule has 0 saturated heterocycles. The van der Waals surface area contributed by atoms with E-state index in [1.807, 2.05) is 0 Å². The Labute approximate surface area is 125 Å². The third kappa shape index (κ3) is 4.39. The van der Waals surface area contributed by atoms with Gasteiger partial charge in [0.05, 0.1) is 4.92 Å². The SMILES string of the molecule is CN(C)[C@@H](CNc1ccc([N+](=O)[O-])cn1)C1CCCCC1. The number of pyridine rings is 1. The Morgan fingerprint density at radius 1 is 1.38 bits per heavy atom. The zero-order valence-electron chi connectivity index (χ0n) is 12.8. The van der Waals surface area contributed by atoms with Gasteiger partial charge in [0.15, 0.2) is 0 Å². The molecule has 21 heavy (non-hydrogen) atoms. The number of nitrogens with one attached hydrogen (secondary N) is 1. The van der Waals surface area contributed by atoms with Crippen molar-refractivity contribution < 1.29 is 4.92 Å². The maximum atomic E-state index is 10.6. The molecule has 1 aromatic rings. The minimum absolute atomic E-state index is 0.0250. The van der Waals surface area contributed by atoms with E-state index in [0.717, 1.165) is 12.5 Å². The third-order valence-corrected chi connectivity index (χ3v) is 4.31. The molecule has 1 saturated carbocycles. The Morgan fingerprint density at radius 3 is 2.62 bits per heavy atom. The minimum Gasteiger partial charge on any atom is -0.368 e. The molecule has 1 fully saturated rings. The monoisotopic (exact) mass is 292 g/mol. The molecule has 0 aliphatic heterocycles. The summed E-state index contributed by atoms with van der Waals surface area (Å²) in [5, 5.41) is 13.9. The smallest absolute Gasteiger partial charge is 0.287 e. The van der Waals surface area contributed by atoms with E-state index in [2.05, 4.69) is 29.3 Å². The third-order valence-electron chi connectivity index (χ3n) is 4.31. The van der Waals surface area contributed by atoms with Crippen LogP contribution in [-0.2, 0) is 0 Å². The maximum Gasteiger partial charge on any atom is 0.287 e. The van der Waals surface area contributed by atoms with Gasteiger partial charge in [-0.25, -0.2) is 4.98 Å². The van der Waals surface area contributed by atoms with Crippen molar-refractivity contribution in [3.63, 3.8) is 0 Å². The molecule has 0 radical (unpaired) electrons. The van der Waals surface area contributed by atoms with E-state index in [1.165, 1.54) is 44.4 Å². The predicted molar refractivity (Wildman–Crippen MR) is 83.4 cm³/mol. The summed E-state index contributed by atoms with van der Waals surface area (Å²) >= 11 is 0. The fourth-order valence-corrected chi connectivity index (χ4v) is 3.10. The lowest BCUT2D eigenvalue weighted by Crippen LogP contribution is -2.41. The zero-order chi connectivity index (χ0) is 15.2. The van der Waals surface area contributed by atoms with Crippen LogP contribution in [0.1, 0.15) is 32.1 Å². The summed E-state index contributed by atoms with van der Waals surface area (Å²) in [4.78, 5) is 16.6. The largest absolute Gasteiger partial charge is 0.368 e. The van der Waals surface area contributed by atoms with Gasteiger partial charge in [0, 0.05) is 18.7 Å². The minimum atomic E-state index is -0.429. The normalized spacial score (nSPS) is 17.7. The van der Waals surface area contributed by atoms with Gasteiger partial charge in [0.25, 0.3) is 5.69 Å².